The molecule has 2 aromatic rings. The third-order valence-electron chi connectivity index (χ3n) is 3.03. The predicted molar refractivity (Wildman–Crippen MR) is 82.4 cm³/mol. The van der Waals surface area contributed by atoms with Gasteiger partial charge in [-0.25, -0.2) is 5.43 Å². The van der Waals surface area contributed by atoms with E-state index in [0.29, 0.717) is 22.6 Å². The highest BCUT2D eigenvalue weighted by Gasteiger charge is 2.08. The van der Waals surface area contributed by atoms with E-state index in [-0.39, 0.29) is 11.5 Å². The van der Waals surface area contributed by atoms with E-state index in [9.17, 15) is 15.0 Å². The predicted octanol–water partition coefficient (Wildman–Crippen LogP) is 2.26. The van der Waals surface area contributed by atoms with Gasteiger partial charge in [0.05, 0.1) is 12.8 Å². The van der Waals surface area contributed by atoms with Crippen molar-refractivity contribution < 1.29 is 19.7 Å². The second kappa shape index (κ2) is 6.62. The van der Waals surface area contributed by atoms with E-state index in [1.807, 2.05) is 0 Å². The Hall–Kier alpha value is -3.02. The smallest absolute Gasteiger partial charge is 0.271 e. The second-order valence-corrected chi connectivity index (χ2v) is 4.57. The van der Waals surface area contributed by atoms with Gasteiger partial charge in [0.25, 0.3) is 5.91 Å². The van der Waals surface area contributed by atoms with Crippen LogP contribution in [0.4, 0.5) is 0 Å². The number of nitrogens with zero attached hydrogens (tertiary/aromatic N) is 1. The van der Waals surface area contributed by atoms with Gasteiger partial charge in [-0.15, -0.1) is 0 Å². The van der Waals surface area contributed by atoms with Crippen molar-refractivity contribution in [3.05, 3.63) is 53.6 Å². The first kappa shape index (κ1) is 15.4. The molecule has 6 nitrogen and oxygen atoms in total. The van der Waals surface area contributed by atoms with Gasteiger partial charge >= 0.3 is 0 Å². The lowest BCUT2D eigenvalue weighted by Gasteiger charge is -2.06. The first-order chi connectivity index (χ1) is 10.5. The summed E-state index contributed by atoms with van der Waals surface area (Å²) in [6.07, 6.45) is 0. The van der Waals surface area contributed by atoms with Gasteiger partial charge in [-0.05, 0) is 37.3 Å². The largest absolute Gasteiger partial charge is 0.508 e. The lowest BCUT2D eigenvalue weighted by Crippen LogP contribution is -2.19. The van der Waals surface area contributed by atoms with Crippen molar-refractivity contribution in [2.75, 3.05) is 7.11 Å². The van der Waals surface area contributed by atoms with E-state index in [4.69, 9.17) is 4.74 Å². The standard InChI is InChI=1S/C16H16N2O4/c1-10(14-7-6-12(19)9-15(14)20)17-18-16(21)11-4-3-5-13(8-11)22-2/h3-9,19-20H,1-2H3,(H,18,21)/b17-10+. The van der Waals surface area contributed by atoms with Gasteiger partial charge in [-0.3, -0.25) is 4.79 Å². The van der Waals surface area contributed by atoms with Crippen LogP contribution in [-0.2, 0) is 0 Å². The van der Waals surface area contributed by atoms with Gasteiger partial charge in [-0.2, -0.15) is 5.10 Å². The van der Waals surface area contributed by atoms with E-state index in [2.05, 4.69) is 10.5 Å². The number of phenolic OH excluding ortho intramolecular Hbond substituents is 2. The van der Waals surface area contributed by atoms with Gasteiger partial charge in [-0.1, -0.05) is 6.07 Å². The Labute approximate surface area is 127 Å². The highest BCUT2D eigenvalue weighted by Crippen LogP contribution is 2.23. The highest BCUT2D eigenvalue weighted by molar-refractivity contribution is 6.02. The molecule has 0 radical (unpaired) electrons. The molecule has 0 fully saturated rings. The Kier molecular flexibility index (Phi) is 4.63. The van der Waals surface area contributed by atoms with Crippen molar-refractivity contribution in [3.63, 3.8) is 0 Å². The van der Waals surface area contributed by atoms with Crippen LogP contribution < -0.4 is 10.2 Å². The number of hydrazone groups is 1. The van der Waals surface area contributed by atoms with Crippen LogP contribution in [0.1, 0.15) is 22.8 Å². The number of rotatable bonds is 4. The molecule has 0 aliphatic carbocycles. The average Bonchev–Trinajstić information content (AvgIpc) is 2.52. The van der Waals surface area contributed by atoms with Crippen LogP contribution >= 0.6 is 0 Å². The number of nitrogens with one attached hydrogen (secondary N) is 1. The van der Waals surface area contributed by atoms with Crippen LogP contribution in [0.25, 0.3) is 0 Å². The maximum absolute atomic E-state index is 12.0. The molecule has 1 amide bonds. The second-order valence-electron chi connectivity index (χ2n) is 4.57. The molecule has 0 saturated heterocycles. The van der Waals surface area contributed by atoms with Crippen molar-refractivity contribution >= 4 is 11.6 Å². The van der Waals surface area contributed by atoms with Gasteiger partial charge < -0.3 is 14.9 Å². The van der Waals surface area contributed by atoms with Crippen molar-refractivity contribution in [1.82, 2.24) is 5.43 Å². The van der Waals surface area contributed by atoms with E-state index < -0.39 is 5.91 Å². The Bertz CT molecular complexity index is 726. The molecular formula is C16H16N2O4. The summed E-state index contributed by atoms with van der Waals surface area (Å²) in [5, 5.41) is 22.9. The van der Waals surface area contributed by atoms with Crippen LogP contribution in [0, 0.1) is 0 Å². The van der Waals surface area contributed by atoms with Crippen LogP contribution in [0.5, 0.6) is 17.2 Å². The maximum Gasteiger partial charge on any atom is 0.271 e. The topological polar surface area (TPSA) is 91.2 Å². The van der Waals surface area contributed by atoms with Crippen LogP contribution in [0.2, 0.25) is 0 Å². The summed E-state index contributed by atoms with van der Waals surface area (Å²) in [7, 11) is 1.52. The van der Waals surface area contributed by atoms with Crippen LogP contribution in [-0.4, -0.2) is 28.9 Å². The molecule has 6 heteroatoms. The molecule has 0 saturated carbocycles. The number of hydrogen-bond acceptors (Lipinski definition) is 5. The quantitative estimate of drug-likeness (QED) is 0.596. The number of methoxy groups -OCH3 is 1. The molecule has 114 valence electrons. The number of amides is 1. The molecular weight excluding hydrogens is 284 g/mol. The van der Waals surface area contributed by atoms with E-state index in [0.717, 1.165) is 0 Å². The molecule has 0 aromatic heterocycles. The summed E-state index contributed by atoms with van der Waals surface area (Å²) >= 11 is 0. The fourth-order valence-corrected chi connectivity index (χ4v) is 1.85. The molecule has 0 spiro atoms. The summed E-state index contributed by atoms with van der Waals surface area (Å²) in [6, 6.07) is 10.8. The summed E-state index contributed by atoms with van der Waals surface area (Å²) in [6.45, 7) is 1.64. The zero-order valence-electron chi connectivity index (χ0n) is 12.2. The normalized spacial score (nSPS) is 11.1. The number of aromatic hydroxyl groups is 2. The molecule has 2 aromatic carbocycles. The van der Waals surface area contributed by atoms with Crippen molar-refractivity contribution in [2.45, 2.75) is 6.92 Å². The van der Waals surface area contributed by atoms with Gasteiger partial charge in [0, 0.05) is 17.2 Å². The Morgan fingerprint density at radius 3 is 2.64 bits per heavy atom. The summed E-state index contributed by atoms with van der Waals surface area (Å²) < 4.78 is 5.05. The van der Waals surface area contributed by atoms with Gasteiger partial charge in [0.1, 0.15) is 17.2 Å². The third kappa shape index (κ3) is 3.54. The fourth-order valence-electron chi connectivity index (χ4n) is 1.85. The van der Waals surface area contributed by atoms with Crippen molar-refractivity contribution in [3.8, 4) is 17.2 Å². The molecule has 22 heavy (non-hydrogen) atoms. The van der Waals surface area contributed by atoms with Crippen LogP contribution in [0.15, 0.2) is 47.6 Å². The first-order valence-corrected chi connectivity index (χ1v) is 6.52. The van der Waals surface area contributed by atoms with Crippen LogP contribution in [0.3, 0.4) is 0 Å². The average molecular weight is 300 g/mol. The molecule has 0 bridgehead atoms. The Balaban J connectivity index is 2.14. The number of phenols is 2. The number of carbonyl (C=O) groups is 1. The lowest BCUT2D eigenvalue weighted by atomic mass is 10.1. The molecule has 0 aliphatic heterocycles. The number of benzene rings is 2. The highest BCUT2D eigenvalue weighted by atomic mass is 16.5. The summed E-state index contributed by atoms with van der Waals surface area (Å²) in [4.78, 5) is 12.0. The Morgan fingerprint density at radius 1 is 1.18 bits per heavy atom. The monoisotopic (exact) mass is 300 g/mol. The van der Waals surface area contributed by atoms with Gasteiger partial charge in [0.2, 0.25) is 0 Å². The minimum atomic E-state index is -0.392. The molecule has 3 N–H and O–H groups in total. The SMILES string of the molecule is COc1cccc(C(=O)N/N=C(\C)c2ccc(O)cc2O)c1. The van der Waals surface area contributed by atoms with Gasteiger partial charge in [0.15, 0.2) is 0 Å². The lowest BCUT2D eigenvalue weighted by molar-refractivity contribution is 0.0954. The zero-order valence-corrected chi connectivity index (χ0v) is 12.2. The van der Waals surface area contributed by atoms with E-state index in [1.165, 1.54) is 25.3 Å². The maximum atomic E-state index is 12.0. The summed E-state index contributed by atoms with van der Waals surface area (Å²) in [5.41, 5.74) is 3.65. The fraction of sp³-hybridized carbons (Fsp3) is 0.125. The molecule has 0 aliphatic rings. The number of carbonyl (C=O) groups excluding carboxylic acids is 1. The number of ether oxygens (including phenoxy) is 1. The number of hydrogen-bond donors (Lipinski definition) is 3. The molecule has 0 heterocycles. The first-order valence-electron chi connectivity index (χ1n) is 6.52. The van der Waals surface area contributed by atoms with Crippen molar-refractivity contribution in [2.24, 2.45) is 5.10 Å². The minimum Gasteiger partial charge on any atom is -0.508 e. The molecule has 0 atom stereocenters. The molecule has 0 unspecified atom stereocenters. The zero-order chi connectivity index (χ0) is 16.1. The van der Waals surface area contributed by atoms with E-state index in [1.54, 1.807) is 31.2 Å². The van der Waals surface area contributed by atoms with E-state index >= 15 is 0 Å². The Morgan fingerprint density at radius 2 is 1.95 bits per heavy atom. The third-order valence-corrected chi connectivity index (χ3v) is 3.03. The molecule has 2 rings (SSSR count). The summed E-state index contributed by atoms with van der Waals surface area (Å²) in [5.74, 6) is 0.0207. The van der Waals surface area contributed by atoms with Crippen molar-refractivity contribution in [1.29, 1.82) is 0 Å². The minimum absolute atomic E-state index is 0.0468.